The van der Waals surface area contributed by atoms with Crippen LogP contribution in [0, 0.1) is 11.3 Å². The molecule has 8 nitrogen and oxygen atoms in total. The van der Waals surface area contributed by atoms with E-state index in [9.17, 15) is 14.4 Å². The van der Waals surface area contributed by atoms with E-state index in [-0.39, 0.29) is 5.41 Å². The van der Waals surface area contributed by atoms with Gasteiger partial charge in [0.05, 0.1) is 7.11 Å². The molecule has 0 aromatic heterocycles. The van der Waals surface area contributed by atoms with Gasteiger partial charge in [-0.05, 0) is 66.7 Å². The molecule has 2 bridgehead atoms. The molecule has 3 aliphatic carbocycles. The van der Waals surface area contributed by atoms with Gasteiger partial charge < -0.3 is 14.2 Å². The summed E-state index contributed by atoms with van der Waals surface area (Å²) in [6, 6.07) is -0.945. The molecule has 0 spiro atoms. The average molecular weight is 370 g/mol. The Bertz CT molecular complexity index is 572. The summed E-state index contributed by atoms with van der Waals surface area (Å²) < 4.78 is 15.6. The zero-order valence-corrected chi connectivity index (χ0v) is 16.7. The van der Waals surface area contributed by atoms with E-state index in [4.69, 9.17) is 14.2 Å². The van der Waals surface area contributed by atoms with Gasteiger partial charge in [0, 0.05) is 5.41 Å². The molecule has 3 fully saturated rings. The Morgan fingerprint density at radius 1 is 1.00 bits per heavy atom. The van der Waals surface area contributed by atoms with Crippen LogP contribution in [0.1, 0.15) is 60.8 Å². The molecule has 1 N–H and O–H groups in total. The van der Waals surface area contributed by atoms with Crippen LogP contribution in [0.15, 0.2) is 0 Å². The lowest BCUT2D eigenvalue weighted by Gasteiger charge is -2.65. The molecule has 3 aliphatic rings. The Morgan fingerprint density at radius 3 is 1.85 bits per heavy atom. The fraction of sp³-hybridized carbons (Fsp3) is 0.833. The molecule has 26 heavy (non-hydrogen) atoms. The van der Waals surface area contributed by atoms with Crippen LogP contribution < -0.4 is 5.43 Å². The van der Waals surface area contributed by atoms with Crippen molar-refractivity contribution >= 4 is 18.2 Å². The Kier molecular flexibility index (Phi) is 5.18. The molecule has 0 radical (unpaired) electrons. The maximum absolute atomic E-state index is 12.8. The van der Waals surface area contributed by atoms with Gasteiger partial charge in [0.2, 0.25) is 0 Å². The van der Waals surface area contributed by atoms with Crippen molar-refractivity contribution in [2.45, 2.75) is 78.0 Å². The van der Waals surface area contributed by atoms with Gasteiger partial charge in [-0.3, -0.25) is 0 Å². The van der Waals surface area contributed by atoms with Crippen LogP contribution in [-0.2, 0) is 19.0 Å². The number of esters is 1. The minimum Gasteiger partial charge on any atom is -0.467 e. The Morgan fingerprint density at radius 2 is 1.50 bits per heavy atom. The number of carbonyl (C=O) groups is 3. The standard InChI is InChI=1S/C18H30N2O6/c1-16(2,3)25-14(22)19-20(15(23)26-17(4,5)6)12(13(21)24-7)18-8-11(9-18)10-18/h11-12H,8-10H2,1-7H3,(H,19,22)/t11?,12-,18?/m0/s1. The van der Waals surface area contributed by atoms with E-state index >= 15 is 0 Å². The number of amides is 2. The third-order valence-electron chi connectivity index (χ3n) is 4.55. The van der Waals surface area contributed by atoms with Gasteiger partial charge in [0.1, 0.15) is 11.2 Å². The van der Waals surface area contributed by atoms with E-state index in [2.05, 4.69) is 5.43 Å². The summed E-state index contributed by atoms with van der Waals surface area (Å²) >= 11 is 0. The highest BCUT2D eigenvalue weighted by Gasteiger charge is 2.65. The maximum Gasteiger partial charge on any atom is 0.430 e. The number of hydrogen-bond donors (Lipinski definition) is 1. The summed E-state index contributed by atoms with van der Waals surface area (Å²) in [5.41, 5.74) is 0.500. The van der Waals surface area contributed by atoms with Crippen molar-refractivity contribution in [2.75, 3.05) is 7.11 Å². The lowest BCUT2D eigenvalue weighted by atomic mass is 9.41. The van der Waals surface area contributed by atoms with Crippen LogP contribution in [0.5, 0.6) is 0 Å². The molecule has 1 atom stereocenters. The second-order valence-electron chi connectivity index (χ2n) is 9.23. The van der Waals surface area contributed by atoms with Crippen molar-refractivity contribution < 1.29 is 28.6 Å². The first-order valence-electron chi connectivity index (χ1n) is 8.86. The molecule has 8 heteroatoms. The highest BCUT2D eigenvalue weighted by atomic mass is 16.6. The molecule has 3 rings (SSSR count). The maximum atomic E-state index is 12.8. The van der Waals surface area contributed by atoms with E-state index in [0.717, 1.165) is 24.3 Å². The summed E-state index contributed by atoms with van der Waals surface area (Å²) in [7, 11) is 1.27. The summed E-state index contributed by atoms with van der Waals surface area (Å²) in [6.07, 6.45) is 0.818. The first-order chi connectivity index (χ1) is 11.8. The van der Waals surface area contributed by atoms with Gasteiger partial charge in [-0.2, -0.15) is 0 Å². The van der Waals surface area contributed by atoms with Gasteiger partial charge in [0.25, 0.3) is 0 Å². The normalized spacial score (nSPS) is 25.1. The van der Waals surface area contributed by atoms with Gasteiger partial charge in [-0.1, -0.05) is 0 Å². The first kappa shape index (κ1) is 20.3. The lowest BCUT2D eigenvalue weighted by Crippen LogP contribution is -2.70. The molecule has 0 saturated heterocycles. The minimum atomic E-state index is -0.945. The molecule has 0 aromatic carbocycles. The zero-order valence-electron chi connectivity index (χ0n) is 16.7. The molecule has 0 aromatic rings. The highest BCUT2D eigenvalue weighted by Crippen LogP contribution is 2.67. The third-order valence-corrected chi connectivity index (χ3v) is 4.55. The van der Waals surface area contributed by atoms with Gasteiger partial charge in [0.15, 0.2) is 6.04 Å². The SMILES string of the molecule is COC(=O)[C@H](N(NC(=O)OC(C)(C)C)C(=O)OC(C)(C)C)C12CC(C1)C2. The molecule has 0 heterocycles. The van der Waals surface area contributed by atoms with E-state index in [1.807, 2.05) is 0 Å². The van der Waals surface area contributed by atoms with Crippen LogP contribution in [0.2, 0.25) is 0 Å². The third kappa shape index (κ3) is 4.40. The number of nitrogens with zero attached hydrogens (tertiary/aromatic N) is 1. The van der Waals surface area contributed by atoms with Crippen LogP contribution in [0.4, 0.5) is 9.59 Å². The van der Waals surface area contributed by atoms with E-state index in [1.165, 1.54) is 7.11 Å². The van der Waals surface area contributed by atoms with Gasteiger partial charge >= 0.3 is 18.2 Å². The van der Waals surface area contributed by atoms with Crippen molar-refractivity contribution in [2.24, 2.45) is 11.3 Å². The molecular weight excluding hydrogens is 340 g/mol. The van der Waals surface area contributed by atoms with Crippen molar-refractivity contribution in [3.05, 3.63) is 0 Å². The van der Waals surface area contributed by atoms with Gasteiger partial charge in [-0.15, -0.1) is 0 Å². The topological polar surface area (TPSA) is 94.2 Å². The van der Waals surface area contributed by atoms with Crippen LogP contribution >= 0.6 is 0 Å². The van der Waals surface area contributed by atoms with E-state index in [1.54, 1.807) is 41.5 Å². The molecular formula is C18H30N2O6. The smallest absolute Gasteiger partial charge is 0.430 e. The summed E-state index contributed by atoms with van der Waals surface area (Å²) in [6.45, 7) is 10.3. The fourth-order valence-electron chi connectivity index (χ4n) is 3.55. The quantitative estimate of drug-likeness (QED) is 0.466. The fourth-order valence-corrected chi connectivity index (χ4v) is 3.55. The second kappa shape index (κ2) is 6.63. The van der Waals surface area contributed by atoms with E-state index < -0.39 is 35.4 Å². The summed E-state index contributed by atoms with van der Waals surface area (Å²) in [4.78, 5) is 37.5. The van der Waals surface area contributed by atoms with Crippen LogP contribution in [0.25, 0.3) is 0 Å². The minimum absolute atomic E-state index is 0.371. The first-order valence-corrected chi connectivity index (χ1v) is 8.86. The summed E-state index contributed by atoms with van der Waals surface area (Å²) in [5, 5.41) is 0.945. The number of rotatable bonds is 3. The Labute approximate surface area is 154 Å². The van der Waals surface area contributed by atoms with Crippen molar-refractivity contribution in [3.63, 3.8) is 0 Å². The van der Waals surface area contributed by atoms with E-state index in [0.29, 0.717) is 5.92 Å². The van der Waals surface area contributed by atoms with Crippen molar-refractivity contribution in [1.29, 1.82) is 0 Å². The number of methoxy groups -OCH3 is 1. The predicted molar refractivity (Wildman–Crippen MR) is 93.0 cm³/mol. The molecule has 0 unspecified atom stereocenters. The monoisotopic (exact) mass is 370 g/mol. The van der Waals surface area contributed by atoms with Crippen molar-refractivity contribution in [1.82, 2.24) is 10.4 Å². The second-order valence-corrected chi connectivity index (χ2v) is 9.23. The lowest BCUT2D eigenvalue weighted by molar-refractivity contribution is -0.191. The summed E-state index contributed by atoms with van der Waals surface area (Å²) in [5.74, 6) is -0.00534. The number of nitrogens with one attached hydrogen (secondary N) is 1. The largest absolute Gasteiger partial charge is 0.467 e. The van der Waals surface area contributed by atoms with Gasteiger partial charge in [-0.25, -0.2) is 24.8 Å². The predicted octanol–water partition coefficient (Wildman–Crippen LogP) is 3.00. The zero-order chi connectivity index (χ0) is 19.9. The molecule has 3 saturated carbocycles. The molecule has 0 aliphatic heterocycles. The Hall–Kier alpha value is -1.99. The molecule has 148 valence electrons. The number of hydrazine groups is 1. The van der Waals surface area contributed by atoms with Crippen LogP contribution in [0.3, 0.4) is 0 Å². The number of hydrogen-bond acceptors (Lipinski definition) is 6. The van der Waals surface area contributed by atoms with Crippen molar-refractivity contribution in [3.8, 4) is 0 Å². The highest BCUT2D eigenvalue weighted by molar-refractivity contribution is 5.84. The number of carbonyl (C=O) groups excluding carboxylic acids is 3. The average Bonchev–Trinajstić information content (AvgIpc) is 2.33. The molecule has 2 amide bonds. The Balaban J connectivity index is 2.26. The number of ether oxygens (including phenoxy) is 3. The van der Waals surface area contributed by atoms with Crippen LogP contribution in [-0.4, -0.2) is 47.5 Å².